The normalized spacial score (nSPS) is 10.7. The van der Waals surface area contributed by atoms with Crippen molar-refractivity contribution in [2.75, 3.05) is 7.05 Å². The molecule has 0 aliphatic carbocycles. The van der Waals surface area contributed by atoms with Crippen molar-refractivity contribution in [1.29, 1.82) is 0 Å². The number of nitrogens with one attached hydrogen (secondary N) is 1. The summed E-state index contributed by atoms with van der Waals surface area (Å²) in [6.07, 6.45) is 0. The molecule has 1 N–H and O–H groups in total. The van der Waals surface area contributed by atoms with E-state index in [0.717, 1.165) is 5.01 Å². The van der Waals surface area contributed by atoms with E-state index in [0.29, 0.717) is 32.6 Å². The molecular formula is C10H8Cl3N3OS. The first kappa shape index (κ1) is 13.8. The molecule has 1 aromatic carbocycles. The number of benzene rings is 1. The zero-order valence-electron chi connectivity index (χ0n) is 9.21. The molecule has 1 aromatic heterocycles. The maximum absolute atomic E-state index is 6.00. The fraction of sp³-hybridized carbons (Fsp3) is 0.200. The zero-order chi connectivity index (χ0) is 13.1. The van der Waals surface area contributed by atoms with Crippen LogP contribution < -0.4 is 10.1 Å². The van der Waals surface area contributed by atoms with Gasteiger partial charge >= 0.3 is 0 Å². The molecule has 18 heavy (non-hydrogen) atoms. The quantitative estimate of drug-likeness (QED) is 0.863. The number of nitrogens with zero attached hydrogens (tertiary/aromatic N) is 2. The highest BCUT2D eigenvalue weighted by Gasteiger charge is 2.11. The van der Waals surface area contributed by atoms with E-state index in [-0.39, 0.29) is 0 Å². The molecule has 0 amide bonds. The molecule has 0 aliphatic heterocycles. The molecule has 0 radical (unpaired) electrons. The average Bonchev–Trinajstić information content (AvgIpc) is 2.74. The Morgan fingerprint density at radius 1 is 1.17 bits per heavy atom. The molecule has 0 atom stereocenters. The Bertz CT molecular complexity index is 561. The third kappa shape index (κ3) is 3.24. The lowest BCUT2D eigenvalue weighted by molar-refractivity contribution is 0.473. The Hall–Kier alpha value is -0.590. The smallest absolute Gasteiger partial charge is 0.299 e. The fourth-order valence-corrected chi connectivity index (χ4v) is 2.47. The number of rotatable bonds is 4. The van der Waals surface area contributed by atoms with E-state index >= 15 is 0 Å². The topological polar surface area (TPSA) is 47.0 Å². The summed E-state index contributed by atoms with van der Waals surface area (Å²) in [7, 11) is 1.83. The Balaban J connectivity index is 2.20. The standard InChI is InChI=1S/C10H8Cl3N3OS/c1-14-4-9-15-16-10(18-9)17-8-3-6(12)5(11)2-7(8)13/h2-3,14H,4H2,1H3. The van der Waals surface area contributed by atoms with Crippen LogP contribution in [0.25, 0.3) is 0 Å². The summed E-state index contributed by atoms with van der Waals surface area (Å²) < 4.78 is 5.51. The van der Waals surface area contributed by atoms with E-state index in [1.807, 2.05) is 7.05 Å². The molecule has 1 heterocycles. The molecule has 0 saturated heterocycles. The van der Waals surface area contributed by atoms with Crippen LogP contribution in [0.5, 0.6) is 10.9 Å². The first-order valence-electron chi connectivity index (χ1n) is 4.89. The fourth-order valence-electron chi connectivity index (χ4n) is 1.18. The zero-order valence-corrected chi connectivity index (χ0v) is 12.3. The predicted molar refractivity (Wildman–Crippen MR) is 74.2 cm³/mol. The van der Waals surface area contributed by atoms with Crippen LogP contribution in [0.3, 0.4) is 0 Å². The minimum atomic E-state index is 0.370. The average molecular weight is 325 g/mol. The second kappa shape index (κ2) is 6.04. The number of hydrogen-bond donors (Lipinski definition) is 1. The van der Waals surface area contributed by atoms with Crippen molar-refractivity contribution in [1.82, 2.24) is 15.5 Å². The molecule has 0 spiro atoms. The summed E-state index contributed by atoms with van der Waals surface area (Å²) in [6.45, 7) is 0.635. The van der Waals surface area contributed by atoms with Crippen LogP contribution in [0.2, 0.25) is 15.1 Å². The lowest BCUT2D eigenvalue weighted by Crippen LogP contribution is -2.04. The van der Waals surface area contributed by atoms with Gasteiger partial charge in [0.25, 0.3) is 5.19 Å². The number of halogens is 3. The van der Waals surface area contributed by atoms with Crippen LogP contribution in [0.1, 0.15) is 5.01 Å². The van der Waals surface area contributed by atoms with Crippen molar-refractivity contribution in [3.8, 4) is 10.9 Å². The van der Waals surface area contributed by atoms with Gasteiger partial charge in [-0.25, -0.2) is 0 Å². The minimum Gasteiger partial charge on any atom is -0.428 e. The number of ether oxygens (including phenoxy) is 1. The molecular weight excluding hydrogens is 317 g/mol. The number of hydrogen-bond acceptors (Lipinski definition) is 5. The summed E-state index contributed by atoms with van der Waals surface area (Å²) in [5.74, 6) is 0.401. The molecule has 8 heteroatoms. The molecule has 0 saturated carbocycles. The van der Waals surface area contributed by atoms with E-state index in [2.05, 4.69) is 15.5 Å². The molecule has 0 unspecified atom stereocenters. The molecule has 96 valence electrons. The van der Waals surface area contributed by atoms with Crippen LogP contribution in [0.15, 0.2) is 12.1 Å². The van der Waals surface area contributed by atoms with Gasteiger partial charge in [0, 0.05) is 12.6 Å². The lowest BCUT2D eigenvalue weighted by Gasteiger charge is -2.05. The minimum absolute atomic E-state index is 0.370. The Morgan fingerprint density at radius 2 is 1.89 bits per heavy atom. The van der Waals surface area contributed by atoms with Crippen molar-refractivity contribution < 1.29 is 4.74 Å². The molecule has 0 bridgehead atoms. The van der Waals surface area contributed by atoms with E-state index in [9.17, 15) is 0 Å². The third-order valence-electron chi connectivity index (χ3n) is 1.95. The van der Waals surface area contributed by atoms with Gasteiger partial charge < -0.3 is 10.1 Å². The predicted octanol–water partition coefficient (Wildman–Crippen LogP) is 4.01. The van der Waals surface area contributed by atoms with Crippen molar-refractivity contribution in [2.24, 2.45) is 0 Å². The van der Waals surface area contributed by atoms with E-state index in [1.54, 1.807) is 6.07 Å². The van der Waals surface area contributed by atoms with Crippen molar-refractivity contribution in [2.45, 2.75) is 6.54 Å². The van der Waals surface area contributed by atoms with Gasteiger partial charge in [0.15, 0.2) is 5.75 Å². The van der Waals surface area contributed by atoms with Crippen LogP contribution in [-0.4, -0.2) is 17.2 Å². The monoisotopic (exact) mass is 323 g/mol. The lowest BCUT2D eigenvalue weighted by atomic mass is 10.3. The SMILES string of the molecule is CNCc1nnc(Oc2cc(Cl)c(Cl)cc2Cl)s1. The second-order valence-electron chi connectivity index (χ2n) is 3.29. The Labute approximate surface area is 123 Å². The van der Waals surface area contributed by atoms with Crippen molar-refractivity contribution in [3.63, 3.8) is 0 Å². The van der Waals surface area contributed by atoms with Gasteiger partial charge in [0.05, 0.1) is 15.1 Å². The van der Waals surface area contributed by atoms with Crippen molar-refractivity contribution in [3.05, 3.63) is 32.2 Å². The van der Waals surface area contributed by atoms with Gasteiger partial charge in [-0.15, -0.1) is 5.10 Å². The second-order valence-corrected chi connectivity index (χ2v) is 5.54. The maximum Gasteiger partial charge on any atom is 0.299 e. The maximum atomic E-state index is 6.00. The summed E-state index contributed by atoms with van der Waals surface area (Å²) >= 11 is 19.0. The largest absolute Gasteiger partial charge is 0.428 e. The first-order chi connectivity index (χ1) is 8.60. The van der Waals surface area contributed by atoms with Gasteiger partial charge in [0.2, 0.25) is 0 Å². The van der Waals surface area contributed by atoms with Crippen molar-refractivity contribution >= 4 is 46.1 Å². The Kier molecular flexibility index (Phi) is 4.64. The molecule has 0 fully saturated rings. The van der Waals surface area contributed by atoms with Gasteiger partial charge in [-0.2, -0.15) is 0 Å². The first-order valence-corrected chi connectivity index (χ1v) is 6.84. The highest BCUT2D eigenvalue weighted by molar-refractivity contribution is 7.13. The summed E-state index contributed by atoms with van der Waals surface area (Å²) in [6, 6.07) is 3.07. The number of aromatic nitrogens is 2. The summed E-state index contributed by atoms with van der Waals surface area (Å²) in [5.41, 5.74) is 0. The van der Waals surface area contributed by atoms with Crippen LogP contribution >= 0.6 is 46.1 Å². The molecule has 2 aromatic rings. The highest BCUT2D eigenvalue weighted by Crippen LogP contribution is 2.36. The van der Waals surface area contributed by atoms with Gasteiger partial charge in [0.1, 0.15) is 5.01 Å². The molecule has 4 nitrogen and oxygen atoms in total. The highest BCUT2D eigenvalue weighted by atomic mass is 35.5. The van der Waals surface area contributed by atoms with E-state index in [1.165, 1.54) is 17.4 Å². The van der Waals surface area contributed by atoms with Gasteiger partial charge in [-0.3, -0.25) is 0 Å². The molecule has 2 rings (SSSR count). The van der Waals surface area contributed by atoms with E-state index in [4.69, 9.17) is 39.5 Å². The summed E-state index contributed by atoms with van der Waals surface area (Å²) in [4.78, 5) is 0. The van der Waals surface area contributed by atoms with E-state index < -0.39 is 0 Å². The third-order valence-corrected chi connectivity index (χ3v) is 3.77. The van der Waals surface area contributed by atoms with Crippen LogP contribution in [0, 0.1) is 0 Å². The van der Waals surface area contributed by atoms with Gasteiger partial charge in [-0.05, 0) is 13.1 Å². The van der Waals surface area contributed by atoms with Crippen LogP contribution in [0.4, 0.5) is 0 Å². The summed E-state index contributed by atoms with van der Waals surface area (Å²) in [5, 5.41) is 13.2. The Morgan fingerprint density at radius 3 is 2.61 bits per heavy atom. The van der Waals surface area contributed by atoms with Gasteiger partial charge in [-0.1, -0.05) is 51.2 Å². The molecule has 0 aliphatic rings. The van der Waals surface area contributed by atoms with Crippen LogP contribution in [-0.2, 0) is 6.54 Å².